The number of hydrogen-bond acceptors (Lipinski definition) is 7. The number of hydrogen-bond donors (Lipinski definition) is 3. The molecule has 5 N–H and O–H groups in total. The molecule has 0 spiro atoms. The zero-order valence-electron chi connectivity index (χ0n) is 11.3. The van der Waals surface area contributed by atoms with Gasteiger partial charge in [0.2, 0.25) is 5.95 Å². The number of fused-ring (bicyclic) bond motifs is 1. The summed E-state index contributed by atoms with van der Waals surface area (Å²) in [6.45, 7) is 0.692. The van der Waals surface area contributed by atoms with Crippen LogP contribution in [0.25, 0.3) is 11.2 Å². The normalized spacial score (nSPS) is 16.6. The summed E-state index contributed by atoms with van der Waals surface area (Å²) >= 11 is 0. The molecule has 0 aromatic carbocycles. The molecule has 1 fully saturated rings. The van der Waals surface area contributed by atoms with Gasteiger partial charge >= 0.3 is 0 Å². The van der Waals surface area contributed by atoms with E-state index in [1.54, 1.807) is 6.20 Å². The van der Waals surface area contributed by atoms with Crippen LogP contribution in [-0.4, -0.2) is 26.0 Å². The molecule has 2 aromatic heterocycles. The highest BCUT2D eigenvalue weighted by Crippen LogP contribution is 2.18. The Labute approximate surface area is 117 Å². The van der Waals surface area contributed by atoms with Crippen LogP contribution >= 0.6 is 0 Å². The molecule has 20 heavy (non-hydrogen) atoms. The predicted molar refractivity (Wildman–Crippen MR) is 77.7 cm³/mol. The van der Waals surface area contributed by atoms with Crippen molar-refractivity contribution in [2.45, 2.75) is 44.7 Å². The van der Waals surface area contributed by atoms with Crippen molar-refractivity contribution >= 4 is 22.9 Å². The molecule has 1 saturated carbocycles. The molecule has 0 unspecified atom stereocenters. The summed E-state index contributed by atoms with van der Waals surface area (Å²) in [4.78, 5) is 16.7. The van der Waals surface area contributed by atoms with Gasteiger partial charge in [0.25, 0.3) is 0 Å². The van der Waals surface area contributed by atoms with Crippen LogP contribution in [0.3, 0.4) is 0 Å². The molecule has 2 heterocycles. The highest BCUT2D eigenvalue weighted by atomic mass is 15.1. The molecule has 106 valence electrons. The summed E-state index contributed by atoms with van der Waals surface area (Å²) in [5.74, 6) is 0.400. The summed E-state index contributed by atoms with van der Waals surface area (Å²) in [5.41, 5.74) is 13.2. The van der Waals surface area contributed by atoms with Gasteiger partial charge in [0.1, 0.15) is 0 Å². The molecule has 0 atom stereocenters. The maximum atomic E-state index is 5.81. The zero-order valence-corrected chi connectivity index (χ0v) is 11.3. The summed E-state index contributed by atoms with van der Waals surface area (Å²) < 4.78 is 0. The van der Waals surface area contributed by atoms with Gasteiger partial charge in [-0.3, -0.25) is 0 Å². The van der Waals surface area contributed by atoms with Gasteiger partial charge in [-0.05, 0) is 12.8 Å². The van der Waals surface area contributed by atoms with Crippen LogP contribution in [-0.2, 0) is 6.54 Å². The fourth-order valence-electron chi connectivity index (χ4n) is 2.62. The van der Waals surface area contributed by atoms with Crippen molar-refractivity contribution in [1.82, 2.24) is 25.3 Å². The minimum atomic E-state index is 0.123. The number of nitrogens with one attached hydrogen (secondary N) is 1. The van der Waals surface area contributed by atoms with Gasteiger partial charge in [0, 0.05) is 12.6 Å². The van der Waals surface area contributed by atoms with Gasteiger partial charge in [-0.25, -0.2) is 9.97 Å². The van der Waals surface area contributed by atoms with Crippen molar-refractivity contribution in [3.05, 3.63) is 11.9 Å². The standard InChI is InChI=1S/C13H19N7/c14-11-10-12(20-13(15)19-11)17-7-9(18-10)6-16-8-4-2-1-3-5-8/h7-8,16H,1-6H2,(H4,14,15,17,19,20). The average molecular weight is 273 g/mol. The predicted octanol–water partition coefficient (Wildman–Crippen LogP) is 1.01. The summed E-state index contributed by atoms with van der Waals surface area (Å²) in [6, 6.07) is 0.585. The summed E-state index contributed by atoms with van der Waals surface area (Å²) in [7, 11) is 0. The van der Waals surface area contributed by atoms with E-state index >= 15 is 0 Å². The largest absolute Gasteiger partial charge is 0.382 e. The Balaban J connectivity index is 1.75. The quantitative estimate of drug-likeness (QED) is 0.764. The second kappa shape index (κ2) is 5.54. The lowest BCUT2D eigenvalue weighted by Gasteiger charge is -2.22. The molecule has 1 aliphatic rings. The number of aromatic nitrogens is 4. The van der Waals surface area contributed by atoms with E-state index in [9.17, 15) is 0 Å². The van der Waals surface area contributed by atoms with Crippen molar-refractivity contribution in [1.29, 1.82) is 0 Å². The van der Waals surface area contributed by atoms with Crippen LogP contribution in [0.2, 0.25) is 0 Å². The third-order valence-electron chi connectivity index (χ3n) is 3.68. The average Bonchev–Trinajstić information content (AvgIpc) is 2.46. The van der Waals surface area contributed by atoms with E-state index < -0.39 is 0 Å². The van der Waals surface area contributed by atoms with E-state index in [4.69, 9.17) is 11.5 Å². The zero-order chi connectivity index (χ0) is 13.9. The molecule has 0 bridgehead atoms. The van der Waals surface area contributed by atoms with E-state index in [-0.39, 0.29) is 11.8 Å². The number of nitrogens with zero attached hydrogens (tertiary/aromatic N) is 4. The Morgan fingerprint density at radius 3 is 2.70 bits per heavy atom. The van der Waals surface area contributed by atoms with E-state index in [2.05, 4.69) is 25.3 Å². The molecule has 3 rings (SSSR count). The van der Waals surface area contributed by atoms with Crippen LogP contribution in [0.5, 0.6) is 0 Å². The van der Waals surface area contributed by atoms with Crippen molar-refractivity contribution in [2.75, 3.05) is 11.5 Å². The van der Waals surface area contributed by atoms with Crippen LogP contribution in [0.15, 0.2) is 6.20 Å². The Kier molecular flexibility index (Phi) is 3.60. The first-order valence-corrected chi connectivity index (χ1v) is 7.00. The molecule has 1 aliphatic carbocycles. The van der Waals surface area contributed by atoms with E-state index in [0.29, 0.717) is 23.8 Å². The Morgan fingerprint density at radius 1 is 1.10 bits per heavy atom. The molecular formula is C13H19N7. The number of nitrogen functional groups attached to an aromatic ring is 2. The first-order valence-electron chi connectivity index (χ1n) is 7.00. The first-order chi connectivity index (χ1) is 9.72. The number of anilines is 2. The van der Waals surface area contributed by atoms with E-state index in [0.717, 1.165) is 5.69 Å². The van der Waals surface area contributed by atoms with Crippen LogP contribution in [0, 0.1) is 0 Å². The van der Waals surface area contributed by atoms with Gasteiger partial charge in [-0.2, -0.15) is 9.97 Å². The van der Waals surface area contributed by atoms with Gasteiger partial charge < -0.3 is 16.8 Å². The third-order valence-corrected chi connectivity index (χ3v) is 3.68. The van der Waals surface area contributed by atoms with E-state index in [1.165, 1.54) is 32.1 Å². The Bertz CT molecular complexity index is 607. The van der Waals surface area contributed by atoms with Gasteiger partial charge in [0.05, 0.1) is 11.9 Å². The van der Waals surface area contributed by atoms with Gasteiger partial charge in [-0.1, -0.05) is 19.3 Å². The lowest BCUT2D eigenvalue weighted by molar-refractivity contribution is 0.371. The highest BCUT2D eigenvalue weighted by molar-refractivity contribution is 5.81. The Morgan fingerprint density at radius 2 is 1.90 bits per heavy atom. The van der Waals surface area contributed by atoms with E-state index in [1.807, 2.05) is 0 Å². The summed E-state index contributed by atoms with van der Waals surface area (Å²) in [5, 5.41) is 3.52. The molecule has 7 heteroatoms. The monoisotopic (exact) mass is 273 g/mol. The fraction of sp³-hybridized carbons (Fsp3) is 0.538. The van der Waals surface area contributed by atoms with Gasteiger partial charge in [-0.15, -0.1) is 0 Å². The van der Waals surface area contributed by atoms with Crippen molar-refractivity contribution in [3.8, 4) is 0 Å². The maximum absolute atomic E-state index is 5.81. The van der Waals surface area contributed by atoms with Crippen LogP contribution < -0.4 is 16.8 Å². The smallest absolute Gasteiger partial charge is 0.224 e. The molecule has 2 aromatic rings. The highest BCUT2D eigenvalue weighted by Gasteiger charge is 2.13. The van der Waals surface area contributed by atoms with Crippen molar-refractivity contribution < 1.29 is 0 Å². The molecule has 0 saturated heterocycles. The minimum absolute atomic E-state index is 0.123. The fourth-order valence-corrected chi connectivity index (χ4v) is 2.62. The first kappa shape index (κ1) is 13.0. The van der Waals surface area contributed by atoms with Crippen molar-refractivity contribution in [2.24, 2.45) is 0 Å². The Hall–Kier alpha value is -2.02. The summed E-state index contributed by atoms with van der Waals surface area (Å²) in [6.07, 6.45) is 8.15. The third kappa shape index (κ3) is 2.77. The minimum Gasteiger partial charge on any atom is -0.382 e. The second-order valence-corrected chi connectivity index (χ2v) is 5.22. The molecule has 0 amide bonds. The molecule has 0 aliphatic heterocycles. The topological polar surface area (TPSA) is 116 Å². The number of nitrogens with two attached hydrogens (primary N) is 2. The lowest BCUT2D eigenvalue weighted by atomic mass is 9.95. The molecular weight excluding hydrogens is 254 g/mol. The molecule has 7 nitrogen and oxygen atoms in total. The van der Waals surface area contributed by atoms with Gasteiger partial charge in [0.15, 0.2) is 17.0 Å². The maximum Gasteiger partial charge on any atom is 0.224 e. The molecule has 0 radical (unpaired) electrons. The second-order valence-electron chi connectivity index (χ2n) is 5.22. The van der Waals surface area contributed by atoms with Crippen LogP contribution in [0.4, 0.5) is 11.8 Å². The van der Waals surface area contributed by atoms with Crippen LogP contribution in [0.1, 0.15) is 37.8 Å². The van der Waals surface area contributed by atoms with Crippen molar-refractivity contribution in [3.63, 3.8) is 0 Å². The lowest BCUT2D eigenvalue weighted by Crippen LogP contribution is -2.30. The SMILES string of the molecule is Nc1nc(N)c2nc(CNC3CCCCC3)cnc2n1. The number of rotatable bonds is 3.